The zero-order chi connectivity index (χ0) is 24.3. The second kappa shape index (κ2) is 10.1. The SMILES string of the molecule is CN(C)c1ccc([C@@H](CNC(=O)c2cccc(N3C(=O)CCS3(=O)=O)c2)N2CCOCC2)cc1. The molecule has 2 fully saturated rings. The molecule has 1 atom stereocenters. The van der Waals surface area contributed by atoms with Gasteiger partial charge in [-0.1, -0.05) is 18.2 Å². The highest BCUT2D eigenvalue weighted by atomic mass is 32.2. The molecule has 2 amide bonds. The Kier molecular flexibility index (Phi) is 7.20. The summed E-state index contributed by atoms with van der Waals surface area (Å²) in [6.07, 6.45) is -0.0490. The Morgan fingerprint density at radius 1 is 1.12 bits per heavy atom. The van der Waals surface area contributed by atoms with Crippen molar-refractivity contribution in [3.05, 3.63) is 59.7 Å². The molecule has 10 heteroatoms. The van der Waals surface area contributed by atoms with Gasteiger partial charge in [0.25, 0.3) is 5.91 Å². The topological polar surface area (TPSA) is 99.3 Å². The first-order valence-electron chi connectivity index (χ1n) is 11.3. The molecule has 0 radical (unpaired) electrons. The number of nitrogens with one attached hydrogen (secondary N) is 1. The van der Waals surface area contributed by atoms with Gasteiger partial charge in [0.15, 0.2) is 0 Å². The summed E-state index contributed by atoms with van der Waals surface area (Å²) in [7, 11) is 0.292. The van der Waals surface area contributed by atoms with Crippen LogP contribution >= 0.6 is 0 Å². The molecule has 0 aromatic heterocycles. The van der Waals surface area contributed by atoms with E-state index < -0.39 is 15.9 Å². The van der Waals surface area contributed by atoms with Gasteiger partial charge in [-0.15, -0.1) is 0 Å². The average Bonchev–Trinajstić information content (AvgIpc) is 3.12. The molecule has 0 unspecified atom stereocenters. The standard InChI is InChI=1S/C24H30N4O5S/c1-26(2)20-8-6-18(7-9-20)22(27-11-13-33-14-12-27)17-25-24(30)19-4-3-5-21(16-19)28-23(29)10-15-34(28,31)32/h3-9,16,22H,10-15,17H2,1-2H3,(H,25,30)/t22-/m1/s1. The third-order valence-corrected chi connectivity index (χ3v) is 7.85. The maximum atomic E-state index is 13.0. The molecular weight excluding hydrogens is 456 g/mol. The fourth-order valence-corrected chi connectivity index (χ4v) is 5.73. The van der Waals surface area contributed by atoms with Gasteiger partial charge in [0.2, 0.25) is 15.9 Å². The summed E-state index contributed by atoms with van der Waals surface area (Å²) in [4.78, 5) is 29.4. The number of carbonyl (C=O) groups is 2. The van der Waals surface area contributed by atoms with E-state index in [0.717, 1.165) is 28.6 Å². The fourth-order valence-electron chi connectivity index (χ4n) is 4.28. The van der Waals surface area contributed by atoms with Crippen LogP contribution in [-0.2, 0) is 19.6 Å². The Morgan fingerprint density at radius 3 is 2.44 bits per heavy atom. The molecule has 2 heterocycles. The minimum Gasteiger partial charge on any atom is -0.379 e. The van der Waals surface area contributed by atoms with Gasteiger partial charge in [-0.3, -0.25) is 14.5 Å². The zero-order valence-electron chi connectivity index (χ0n) is 19.4. The normalized spacial score (nSPS) is 19.1. The quantitative estimate of drug-likeness (QED) is 0.635. The van der Waals surface area contributed by atoms with E-state index in [-0.39, 0.29) is 29.8 Å². The number of anilines is 2. The number of hydrogen-bond donors (Lipinski definition) is 1. The highest BCUT2D eigenvalue weighted by molar-refractivity contribution is 7.94. The summed E-state index contributed by atoms with van der Waals surface area (Å²) in [6.45, 7) is 3.19. The van der Waals surface area contributed by atoms with Gasteiger partial charge in [0.05, 0.1) is 30.7 Å². The van der Waals surface area contributed by atoms with Crippen molar-refractivity contribution in [1.82, 2.24) is 10.2 Å². The fraction of sp³-hybridized carbons (Fsp3) is 0.417. The molecule has 2 aliphatic heterocycles. The van der Waals surface area contributed by atoms with E-state index in [9.17, 15) is 18.0 Å². The van der Waals surface area contributed by atoms with Gasteiger partial charge in [-0.05, 0) is 35.9 Å². The second-order valence-electron chi connectivity index (χ2n) is 8.63. The number of sulfonamides is 1. The summed E-state index contributed by atoms with van der Waals surface area (Å²) in [5.74, 6) is -1.02. The molecule has 182 valence electrons. The maximum Gasteiger partial charge on any atom is 0.251 e. The van der Waals surface area contributed by atoms with Crippen LogP contribution in [0, 0.1) is 0 Å². The number of amides is 2. The van der Waals surface area contributed by atoms with Crippen LogP contribution in [-0.4, -0.2) is 77.8 Å². The molecule has 4 rings (SSSR count). The maximum absolute atomic E-state index is 13.0. The van der Waals surface area contributed by atoms with Crippen molar-refractivity contribution in [3.8, 4) is 0 Å². The average molecular weight is 487 g/mol. The second-order valence-corrected chi connectivity index (χ2v) is 10.6. The summed E-state index contributed by atoms with van der Waals surface area (Å²) >= 11 is 0. The monoisotopic (exact) mass is 486 g/mol. The summed E-state index contributed by atoms with van der Waals surface area (Å²) in [5, 5.41) is 3.00. The summed E-state index contributed by atoms with van der Waals surface area (Å²) in [5.41, 5.74) is 2.68. The minimum atomic E-state index is -3.69. The lowest BCUT2D eigenvalue weighted by atomic mass is 10.0. The van der Waals surface area contributed by atoms with E-state index in [1.165, 1.54) is 12.1 Å². The van der Waals surface area contributed by atoms with Crippen LogP contribution in [0.3, 0.4) is 0 Å². The van der Waals surface area contributed by atoms with Gasteiger partial charge in [0.1, 0.15) is 0 Å². The van der Waals surface area contributed by atoms with Crippen molar-refractivity contribution < 1.29 is 22.7 Å². The summed E-state index contributed by atoms with van der Waals surface area (Å²) in [6, 6.07) is 14.4. The van der Waals surface area contributed by atoms with Crippen molar-refractivity contribution in [2.75, 3.05) is 61.9 Å². The van der Waals surface area contributed by atoms with E-state index in [1.54, 1.807) is 12.1 Å². The minimum absolute atomic E-state index is 0.0345. The Labute approximate surface area is 200 Å². The van der Waals surface area contributed by atoms with Crippen LogP contribution in [0.4, 0.5) is 11.4 Å². The van der Waals surface area contributed by atoms with Crippen LogP contribution in [0.15, 0.2) is 48.5 Å². The van der Waals surface area contributed by atoms with E-state index in [1.807, 2.05) is 19.0 Å². The Hall–Kier alpha value is -2.95. The summed E-state index contributed by atoms with van der Waals surface area (Å²) < 4.78 is 30.8. The van der Waals surface area contributed by atoms with Crippen molar-refractivity contribution in [2.24, 2.45) is 0 Å². The highest BCUT2D eigenvalue weighted by Gasteiger charge is 2.36. The van der Waals surface area contributed by atoms with Crippen molar-refractivity contribution in [2.45, 2.75) is 12.5 Å². The highest BCUT2D eigenvalue weighted by Crippen LogP contribution is 2.27. The molecule has 2 aliphatic rings. The van der Waals surface area contributed by atoms with E-state index >= 15 is 0 Å². The number of carbonyl (C=O) groups excluding carboxylic acids is 2. The molecule has 0 spiro atoms. The molecule has 1 N–H and O–H groups in total. The van der Waals surface area contributed by atoms with Gasteiger partial charge in [0, 0.05) is 51.4 Å². The van der Waals surface area contributed by atoms with E-state index in [0.29, 0.717) is 25.3 Å². The van der Waals surface area contributed by atoms with Crippen molar-refractivity contribution >= 4 is 33.2 Å². The number of morpholine rings is 1. The number of rotatable bonds is 7. The van der Waals surface area contributed by atoms with Gasteiger partial charge < -0.3 is 15.0 Å². The van der Waals surface area contributed by atoms with Gasteiger partial charge >= 0.3 is 0 Å². The van der Waals surface area contributed by atoms with Crippen LogP contribution in [0.1, 0.15) is 28.4 Å². The molecule has 2 aromatic carbocycles. The Morgan fingerprint density at radius 2 is 1.82 bits per heavy atom. The first-order valence-corrected chi connectivity index (χ1v) is 12.9. The predicted octanol–water partition coefficient (Wildman–Crippen LogP) is 1.62. The lowest BCUT2D eigenvalue weighted by Crippen LogP contribution is -2.43. The van der Waals surface area contributed by atoms with E-state index in [2.05, 4.69) is 34.5 Å². The van der Waals surface area contributed by atoms with Crippen LogP contribution in [0.25, 0.3) is 0 Å². The number of nitrogens with zero attached hydrogens (tertiary/aromatic N) is 3. The molecular formula is C24H30N4O5S. The number of hydrogen-bond acceptors (Lipinski definition) is 7. The smallest absolute Gasteiger partial charge is 0.251 e. The van der Waals surface area contributed by atoms with Crippen molar-refractivity contribution in [3.63, 3.8) is 0 Å². The molecule has 9 nitrogen and oxygen atoms in total. The molecule has 2 saturated heterocycles. The van der Waals surface area contributed by atoms with Gasteiger partial charge in [-0.2, -0.15) is 0 Å². The molecule has 0 saturated carbocycles. The lowest BCUT2D eigenvalue weighted by Gasteiger charge is -2.35. The first-order chi connectivity index (χ1) is 16.3. The van der Waals surface area contributed by atoms with Crippen molar-refractivity contribution in [1.29, 1.82) is 0 Å². The van der Waals surface area contributed by atoms with Crippen LogP contribution in [0.2, 0.25) is 0 Å². The molecule has 0 bridgehead atoms. The lowest BCUT2D eigenvalue weighted by molar-refractivity contribution is -0.116. The molecule has 2 aromatic rings. The van der Waals surface area contributed by atoms with Gasteiger partial charge in [-0.25, -0.2) is 12.7 Å². The molecule has 0 aliphatic carbocycles. The Balaban J connectivity index is 1.51. The largest absolute Gasteiger partial charge is 0.379 e. The predicted molar refractivity (Wildman–Crippen MR) is 131 cm³/mol. The molecule has 34 heavy (non-hydrogen) atoms. The Bertz CT molecular complexity index is 1140. The first kappa shape index (κ1) is 24.2. The number of benzene rings is 2. The zero-order valence-corrected chi connectivity index (χ0v) is 20.3. The van der Waals surface area contributed by atoms with E-state index in [4.69, 9.17) is 4.74 Å². The van der Waals surface area contributed by atoms with Crippen LogP contribution in [0.5, 0.6) is 0 Å². The third kappa shape index (κ3) is 5.24. The third-order valence-electron chi connectivity index (χ3n) is 6.16. The van der Waals surface area contributed by atoms with Crippen LogP contribution < -0.4 is 14.5 Å². The number of ether oxygens (including phenoxy) is 1.